The molecule has 0 radical (unpaired) electrons. The Hall–Kier alpha value is -6.64. The SMILES string of the molecule is c1ccc(-c2c3c4ccc5c6c(ccc(c3c(-c3ccccn3)c3c7ccc8c9c(ccc(c23)c97)-c2ccccc2-8)c64)-c2ccccc2-5)nc1. The molecule has 2 nitrogen and oxygen atoms in total. The van der Waals surface area contributed by atoms with Gasteiger partial charge in [0.15, 0.2) is 0 Å². The predicted octanol–water partition coefficient (Wildman–Crippen LogP) is 12.9. The Kier molecular flexibility index (Phi) is 4.41. The van der Waals surface area contributed by atoms with Gasteiger partial charge in [-0.1, -0.05) is 109 Å². The van der Waals surface area contributed by atoms with Crippen LogP contribution in [0.5, 0.6) is 0 Å². The average Bonchev–Trinajstić information content (AvgIpc) is 3.90. The fraction of sp³-hybridized carbons (Fsp3) is 0. The largest absolute Gasteiger partial charge is 0.256 e. The molecule has 226 valence electrons. The molecule has 0 saturated heterocycles. The van der Waals surface area contributed by atoms with Crippen molar-refractivity contribution in [3.63, 3.8) is 0 Å². The first-order chi connectivity index (χ1) is 24.9. The van der Waals surface area contributed by atoms with Gasteiger partial charge in [-0.05, 0) is 112 Å². The van der Waals surface area contributed by atoms with E-state index < -0.39 is 0 Å². The van der Waals surface area contributed by atoms with E-state index in [1.54, 1.807) is 0 Å². The minimum absolute atomic E-state index is 0.999. The van der Waals surface area contributed by atoms with Crippen LogP contribution in [0.3, 0.4) is 0 Å². The Morgan fingerprint density at radius 1 is 0.240 bits per heavy atom. The third-order valence-corrected chi connectivity index (χ3v) is 11.8. The zero-order valence-corrected chi connectivity index (χ0v) is 26.8. The molecular weight excluding hydrogens is 605 g/mol. The number of pyridine rings is 2. The first-order valence-electron chi connectivity index (χ1n) is 17.3. The summed E-state index contributed by atoms with van der Waals surface area (Å²) in [5, 5.41) is 15.6. The first-order valence-corrected chi connectivity index (χ1v) is 17.3. The Bertz CT molecular complexity index is 2890. The van der Waals surface area contributed by atoms with Gasteiger partial charge in [0.05, 0.1) is 11.4 Å². The Morgan fingerprint density at radius 2 is 0.560 bits per heavy atom. The number of aromatic nitrogens is 2. The van der Waals surface area contributed by atoms with Crippen LogP contribution in [0.25, 0.3) is 132 Å². The summed E-state index contributed by atoms with van der Waals surface area (Å²) in [7, 11) is 0. The summed E-state index contributed by atoms with van der Waals surface area (Å²) in [6.07, 6.45) is 3.88. The van der Waals surface area contributed by atoms with Crippen molar-refractivity contribution in [1.82, 2.24) is 9.97 Å². The first kappa shape index (κ1) is 25.4. The smallest absolute Gasteiger partial charge is 0.0714 e. The van der Waals surface area contributed by atoms with Crippen molar-refractivity contribution in [2.75, 3.05) is 0 Å². The van der Waals surface area contributed by atoms with Gasteiger partial charge in [0, 0.05) is 45.1 Å². The molecule has 0 bridgehead atoms. The molecule has 2 aromatic heterocycles. The molecule has 0 N–H and O–H groups in total. The summed E-state index contributed by atoms with van der Waals surface area (Å²) < 4.78 is 0. The zero-order chi connectivity index (χ0) is 32.2. The molecule has 0 aliphatic heterocycles. The van der Waals surface area contributed by atoms with Crippen molar-refractivity contribution in [1.29, 1.82) is 0 Å². The molecule has 2 aliphatic rings. The zero-order valence-electron chi connectivity index (χ0n) is 26.8. The van der Waals surface area contributed by atoms with E-state index in [1.807, 2.05) is 24.5 Å². The lowest BCUT2D eigenvalue weighted by atomic mass is 9.90. The second-order valence-electron chi connectivity index (χ2n) is 13.9. The number of benzene rings is 7. The van der Waals surface area contributed by atoms with Gasteiger partial charge in [-0.2, -0.15) is 0 Å². The topological polar surface area (TPSA) is 25.8 Å². The van der Waals surface area contributed by atoms with Crippen LogP contribution in [0.15, 0.2) is 146 Å². The molecule has 9 aromatic carbocycles. The van der Waals surface area contributed by atoms with E-state index in [4.69, 9.17) is 9.97 Å². The van der Waals surface area contributed by atoms with Crippen LogP contribution < -0.4 is 0 Å². The molecular formula is C48H24N2. The molecule has 0 atom stereocenters. The van der Waals surface area contributed by atoms with E-state index in [2.05, 4.69) is 121 Å². The van der Waals surface area contributed by atoms with Crippen molar-refractivity contribution < 1.29 is 0 Å². The highest BCUT2D eigenvalue weighted by atomic mass is 14.7. The lowest BCUT2D eigenvalue weighted by Gasteiger charge is -2.14. The van der Waals surface area contributed by atoms with Crippen LogP contribution in [0, 0.1) is 0 Å². The Balaban J connectivity index is 1.34. The molecule has 13 rings (SSSR count). The number of rotatable bonds is 2. The highest BCUT2D eigenvalue weighted by Crippen LogP contribution is 2.60. The molecule has 11 aromatic rings. The quantitative estimate of drug-likeness (QED) is 0.190. The molecule has 2 heteroatoms. The maximum absolute atomic E-state index is 5.10. The number of hydrogen-bond acceptors (Lipinski definition) is 2. The van der Waals surface area contributed by atoms with E-state index in [0.29, 0.717) is 0 Å². The van der Waals surface area contributed by atoms with E-state index in [0.717, 1.165) is 11.4 Å². The van der Waals surface area contributed by atoms with Crippen LogP contribution in [-0.4, -0.2) is 9.97 Å². The van der Waals surface area contributed by atoms with Crippen molar-refractivity contribution in [3.05, 3.63) is 146 Å². The molecule has 0 spiro atoms. The van der Waals surface area contributed by atoms with Crippen molar-refractivity contribution in [2.24, 2.45) is 0 Å². The van der Waals surface area contributed by atoms with Gasteiger partial charge in [0.1, 0.15) is 0 Å². The number of nitrogens with zero attached hydrogens (tertiary/aromatic N) is 2. The summed E-state index contributed by atoms with van der Waals surface area (Å²) in [6.45, 7) is 0. The van der Waals surface area contributed by atoms with Gasteiger partial charge in [-0.15, -0.1) is 0 Å². The molecule has 0 amide bonds. The van der Waals surface area contributed by atoms with Crippen LogP contribution >= 0.6 is 0 Å². The summed E-state index contributed by atoms with van der Waals surface area (Å²) in [4.78, 5) is 10.2. The second-order valence-corrected chi connectivity index (χ2v) is 13.9. The van der Waals surface area contributed by atoms with Crippen LogP contribution in [-0.2, 0) is 0 Å². The maximum Gasteiger partial charge on any atom is 0.0714 e. The van der Waals surface area contributed by atoms with Crippen LogP contribution in [0.2, 0.25) is 0 Å². The fourth-order valence-electron chi connectivity index (χ4n) is 9.99. The number of fused-ring (bicyclic) bond motifs is 12. The van der Waals surface area contributed by atoms with E-state index in [1.165, 1.54) is 120 Å². The van der Waals surface area contributed by atoms with Gasteiger partial charge < -0.3 is 0 Å². The molecule has 2 aliphatic carbocycles. The van der Waals surface area contributed by atoms with Gasteiger partial charge in [-0.25, -0.2) is 0 Å². The van der Waals surface area contributed by atoms with Crippen molar-refractivity contribution >= 4 is 64.6 Å². The standard InChI is InChI=1S/C48H24N2/c1-2-10-26-25(9-1)29-15-19-33-41-34(20-16-30(26)39(29)41)44-43(33)47(37-13-5-7-23-49-37)45-35-21-17-31-27-11-3-4-12-28(27)32-18-22-36(42(35)40(31)32)46(45)48(44)38-14-6-8-24-50-38/h1-24H. The monoisotopic (exact) mass is 628 g/mol. The minimum atomic E-state index is 0.999. The van der Waals surface area contributed by atoms with Gasteiger partial charge in [-0.3, -0.25) is 9.97 Å². The lowest BCUT2D eigenvalue weighted by Crippen LogP contribution is -1.90. The summed E-state index contributed by atoms with van der Waals surface area (Å²) in [5.74, 6) is 0. The molecule has 2 heterocycles. The molecule has 0 fully saturated rings. The van der Waals surface area contributed by atoms with E-state index in [9.17, 15) is 0 Å². The van der Waals surface area contributed by atoms with Crippen LogP contribution in [0.4, 0.5) is 0 Å². The Morgan fingerprint density at radius 3 is 0.860 bits per heavy atom. The lowest BCUT2D eigenvalue weighted by molar-refractivity contribution is 1.33. The fourth-order valence-corrected chi connectivity index (χ4v) is 9.99. The van der Waals surface area contributed by atoms with Gasteiger partial charge in [0.25, 0.3) is 0 Å². The van der Waals surface area contributed by atoms with Crippen LogP contribution in [0.1, 0.15) is 0 Å². The minimum Gasteiger partial charge on any atom is -0.256 e. The number of hydrogen-bond donors (Lipinski definition) is 0. The molecule has 50 heavy (non-hydrogen) atoms. The van der Waals surface area contributed by atoms with Gasteiger partial charge in [0.2, 0.25) is 0 Å². The predicted molar refractivity (Wildman–Crippen MR) is 209 cm³/mol. The maximum atomic E-state index is 5.10. The van der Waals surface area contributed by atoms with E-state index in [-0.39, 0.29) is 0 Å². The van der Waals surface area contributed by atoms with Crippen molar-refractivity contribution in [2.45, 2.75) is 0 Å². The molecule has 0 saturated carbocycles. The average molecular weight is 629 g/mol. The van der Waals surface area contributed by atoms with Crippen molar-refractivity contribution in [3.8, 4) is 67.0 Å². The highest BCUT2D eigenvalue weighted by Gasteiger charge is 2.32. The third kappa shape index (κ3) is 2.79. The highest BCUT2D eigenvalue weighted by molar-refractivity contribution is 6.48. The van der Waals surface area contributed by atoms with E-state index >= 15 is 0 Å². The molecule has 0 unspecified atom stereocenters. The Labute approximate surface area is 286 Å². The summed E-state index contributed by atoms with van der Waals surface area (Å²) >= 11 is 0. The van der Waals surface area contributed by atoms with Gasteiger partial charge >= 0.3 is 0 Å². The summed E-state index contributed by atoms with van der Waals surface area (Å²) in [5.41, 5.74) is 15.0. The third-order valence-electron chi connectivity index (χ3n) is 11.8. The second kappa shape index (κ2) is 8.68. The summed E-state index contributed by atoms with van der Waals surface area (Å²) in [6, 6.07) is 49.3. The normalized spacial score (nSPS) is 12.8.